The third-order valence-corrected chi connectivity index (χ3v) is 3.73. The maximum absolute atomic E-state index is 6.03. The maximum Gasteiger partial charge on any atom is 0.122 e. The van der Waals surface area contributed by atoms with Crippen molar-refractivity contribution in [2.45, 2.75) is 40.7 Å². The van der Waals surface area contributed by atoms with E-state index in [2.05, 4.69) is 70.2 Å². The van der Waals surface area contributed by atoms with E-state index in [1.54, 1.807) is 0 Å². The molecule has 0 saturated carbocycles. The smallest absolute Gasteiger partial charge is 0.122 e. The van der Waals surface area contributed by atoms with Crippen LogP contribution in [-0.4, -0.2) is 0 Å². The first-order chi connectivity index (χ1) is 9.61. The Morgan fingerprint density at radius 3 is 2.55 bits per heavy atom. The minimum Gasteiger partial charge on any atom is -0.489 e. The molecule has 1 heteroatoms. The van der Waals surface area contributed by atoms with Crippen molar-refractivity contribution >= 4 is 0 Å². The monoisotopic (exact) mass is 267 g/mol. The predicted molar refractivity (Wildman–Crippen MR) is 85.0 cm³/mol. The largest absolute Gasteiger partial charge is 0.489 e. The molecule has 0 spiro atoms. The van der Waals surface area contributed by atoms with Crippen molar-refractivity contribution < 1.29 is 4.74 Å². The summed E-state index contributed by atoms with van der Waals surface area (Å²) in [7, 11) is 0. The van der Waals surface area contributed by atoms with E-state index < -0.39 is 0 Å². The van der Waals surface area contributed by atoms with Crippen molar-refractivity contribution in [3.8, 4) is 5.75 Å². The zero-order valence-electron chi connectivity index (χ0n) is 12.9. The van der Waals surface area contributed by atoms with Crippen LogP contribution >= 0.6 is 0 Å². The molecule has 20 heavy (non-hydrogen) atoms. The summed E-state index contributed by atoms with van der Waals surface area (Å²) in [6.07, 6.45) is 1.07. The molecule has 0 aromatic heterocycles. The summed E-state index contributed by atoms with van der Waals surface area (Å²) in [6.45, 7) is 9.19. The molecular formula is C19H23O. The fraction of sp³-hybridized carbons (Fsp3) is 0.316. The molecule has 0 aliphatic heterocycles. The molecule has 0 amide bonds. The van der Waals surface area contributed by atoms with Crippen LogP contribution in [0.1, 0.15) is 42.5 Å². The average Bonchev–Trinajstić information content (AvgIpc) is 2.47. The lowest BCUT2D eigenvalue weighted by atomic mass is 9.94. The van der Waals surface area contributed by atoms with E-state index in [0.717, 1.165) is 12.2 Å². The summed E-state index contributed by atoms with van der Waals surface area (Å²) in [5.41, 5.74) is 4.99. The molecule has 0 heterocycles. The Bertz CT molecular complexity index is 572. The van der Waals surface area contributed by atoms with Crippen molar-refractivity contribution in [2.24, 2.45) is 0 Å². The number of aryl methyl sites for hydroxylation is 2. The molecule has 2 rings (SSSR count). The van der Waals surface area contributed by atoms with E-state index in [1.165, 1.54) is 28.2 Å². The van der Waals surface area contributed by atoms with Gasteiger partial charge in [-0.25, -0.2) is 0 Å². The molecule has 0 fully saturated rings. The number of ether oxygens (including phenoxy) is 1. The Morgan fingerprint density at radius 2 is 1.80 bits per heavy atom. The molecular weight excluding hydrogens is 244 g/mol. The Labute approximate surface area is 122 Å². The highest BCUT2D eigenvalue weighted by Crippen LogP contribution is 2.25. The molecule has 0 bridgehead atoms. The highest BCUT2D eigenvalue weighted by atomic mass is 16.5. The highest BCUT2D eigenvalue weighted by molar-refractivity contribution is 5.39. The molecule has 0 aliphatic carbocycles. The van der Waals surface area contributed by atoms with Gasteiger partial charge < -0.3 is 4.74 Å². The Kier molecular flexibility index (Phi) is 4.84. The molecule has 0 N–H and O–H groups in total. The van der Waals surface area contributed by atoms with Crippen LogP contribution in [0.3, 0.4) is 0 Å². The fourth-order valence-corrected chi connectivity index (χ4v) is 2.27. The van der Waals surface area contributed by atoms with E-state index >= 15 is 0 Å². The van der Waals surface area contributed by atoms with E-state index in [1.807, 2.05) is 0 Å². The molecule has 105 valence electrons. The molecule has 1 nitrogen and oxygen atoms in total. The summed E-state index contributed by atoms with van der Waals surface area (Å²) in [6, 6.07) is 14.8. The van der Waals surface area contributed by atoms with E-state index in [0.29, 0.717) is 6.61 Å². The quantitative estimate of drug-likeness (QED) is 0.720. The molecule has 0 aliphatic rings. The molecule has 1 radical (unpaired) electrons. The number of rotatable bonds is 5. The van der Waals surface area contributed by atoms with Crippen LogP contribution in [0.15, 0.2) is 42.5 Å². The van der Waals surface area contributed by atoms with Gasteiger partial charge in [-0.05, 0) is 48.6 Å². The van der Waals surface area contributed by atoms with Gasteiger partial charge in [0.05, 0.1) is 0 Å². The Balaban J connectivity index is 2.17. The van der Waals surface area contributed by atoms with Gasteiger partial charge in [0, 0.05) is 5.92 Å². The van der Waals surface area contributed by atoms with Crippen LogP contribution < -0.4 is 4.74 Å². The van der Waals surface area contributed by atoms with Gasteiger partial charge in [-0.2, -0.15) is 0 Å². The Morgan fingerprint density at radius 1 is 1.05 bits per heavy atom. The summed E-state index contributed by atoms with van der Waals surface area (Å²) >= 11 is 0. The number of hydrogen-bond acceptors (Lipinski definition) is 1. The average molecular weight is 267 g/mol. The van der Waals surface area contributed by atoms with Crippen molar-refractivity contribution in [2.75, 3.05) is 0 Å². The van der Waals surface area contributed by atoms with Gasteiger partial charge >= 0.3 is 0 Å². The van der Waals surface area contributed by atoms with Crippen LogP contribution in [0.25, 0.3) is 0 Å². The first-order valence-electron chi connectivity index (χ1n) is 7.22. The summed E-state index contributed by atoms with van der Waals surface area (Å²) in [4.78, 5) is 0. The van der Waals surface area contributed by atoms with Crippen LogP contribution in [-0.2, 0) is 6.61 Å². The first-order valence-corrected chi connectivity index (χ1v) is 7.22. The van der Waals surface area contributed by atoms with Crippen molar-refractivity contribution in [1.29, 1.82) is 0 Å². The topological polar surface area (TPSA) is 9.23 Å². The normalized spacial score (nSPS) is 10.8. The zero-order chi connectivity index (χ0) is 14.5. The van der Waals surface area contributed by atoms with Gasteiger partial charge in [0.25, 0.3) is 0 Å². The number of benzene rings is 2. The number of hydrogen-bond donors (Lipinski definition) is 0. The Hall–Kier alpha value is -1.76. The van der Waals surface area contributed by atoms with E-state index in [4.69, 9.17) is 4.74 Å². The third-order valence-electron chi connectivity index (χ3n) is 3.73. The van der Waals surface area contributed by atoms with Crippen LogP contribution in [0.5, 0.6) is 5.75 Å². The molecule has 0 saturated heterocycles. The summed E-state index contributed by atoms with van der Waals surface area (Å²) < 4.78 is 6.03. The second-order valence-corrected chi connectivity index (χ2v) is 5.35. The lowest BCUT2D eigenvalue weighted by Crippen LogP contribution is -2.04. The minimum atomic E-state index is 0.623. The summed E-state index contributed by atoms with van der Waals surface area (Å²) in [5, 5.41) is 0. The van der Waals surface area contributed by atoms with Gasteiger partial charge in [0.2, 0.25) is 0 Å². The second kappa shape index (κ2) is 6.60. The van der Waals surface area contributed by atoms with Crippen molar-refractivity contribution in [1.82, 2.24) is 0 Å². The highest BCUT2D eigenvalue weighted by Gasteiger charge is 2.10. The van der Waals surface area contributed by atoms with Gasteiger partial charge in [0.1, 0.15) is 12.4 Å². The SMILES string of the molecule is CC[C](C)c1ccccc1COc1cc(C)ccc1C. The van der Waals surface area contributed by atoms with Crippen LogP contribution in [0, 0.1) is 19.8 Å². The van der Waals surface area contributed by atoms with Crippen LogP contribution in [0.4, 0.5) is 0 Å². The third kappa shape index (κ3) is 3.41. The van der Waals surface area contributed by atoms with Gasteiger partial charge in [0.15, 0.2) is 0 Å². The minimum absolute atomic E-state index is 0.623. The molecule has 2 aromatic rings. The van der Waals surface area contributed by atoms with E-state index in [9.17, 15) is 0 Å². The van der Waals surface area contributed by atoms with Gasteiger partial charge in [-0.3, -0.25) is 0 Å². The van der Waals surface area contributed by atoms with Crippen molar-refractivity contribution in [3.05, 3.63) is 70.6 Å². The lowest BCUT2D eigenvalue weighted by molar-refractivity contribution is 0.303. The summed E-state index contributed by atoms with van der Waals surface area (Å²) in [5.74, 6) is 2.39. The molecule has 0 atom stereocenters. The zero-order valence-corrected chi connectivity index (χ0v) is 12.9. The second-order valence-electron chi connectivity index (χ2n) is 5.35. The van der Waals surface area contributed by atoms with Gasteiger partial charge in [-0.1, -0.05) is 50.2 Å². The van der Waals surface area contributed by atoms with Gasteiger partial charge in [-0.15, -0.1) is 0 Å². The standard InChI is InChI=1S/C19H23O/c1-5-15(3)18-9-7-6-8-17(18)13-20-19-12-14(2)10-11-16(19)4/h6-12H,5,13H2,1-4H3. The fourth-order valence-electron chi connectivity index (χ4n) is 2.27. The first kappa shape index (κ1) is 14.6. The maximum atomic E-state index is 6.03. The van der Waals surface area contributed by atoms with Crippen molar-refractivity contribution in [3.63, 3.8) is 0 Å². The van der Waals surface area contributed by atoms with Crippen LogP contribution in [0.2, 0.25) is 0 Å². The molecule has 0 unspecified atom stereocenters. The lowest BCUT2D eigenvalue weighted by Gasteiger charge is -2.16. The molecule has 2 aromatic carbocycles. The van der Waals surface area contributed by atoms with E-state index in [-0.39, 0.29) is 0 Å². The predicted octanol–water partition coefficient (Wildman–Crippen LogP) is 5.23.